The van der Waals surface area contributed by atoms with E-state index in [4.69, 9.17) is 4.74 Å². The van der Waals surface area contributed by atoms with Crippen LogP contribution in [0, 0.1) is 0 Å². The molecule has 1 N–H and O–H groups in total. The lowest BCUT2D eigenvalue weighted by molar-refractivity contribution is -0.00679. The summed E-state index contributed by atoms with van der Waals surface area (Å²) in [5, 5.41) is 7.51. The Labute approximate surface area is 147 Å². The highest BCUT2D eigenvalue weighted by Crippen LogP contribution is 2.48. The largest absolute Gasteiger partial charge is 0.482 e. The van der Waals surface area contributed by atoms with Gasteiger partial charge in [-0.2, -0.15) is 5.10 Å². The maximum atomic E-state index is 6.56. The van der Waals surface area contributed by atoms with Crippen LogP contribution in [0.15, 0.2) is 60.8 Å². The van der Waals surface area contributed by atoms with E-state index in [-0.39, 0.29) is 5.60 Å². The quantitative estimate of drug-likeness (QED) is 0.773. The van der Waals surface area contributed by atoms with Crippen molar-refractivity contribution in [1.29, 1.82) is 0 Å². The first-order chi connectivity index (χ1) is 12.3. The van der Waals surface area contributed by atoms with Crippen molar-refractivity contribution in [3.05, 3.63) is 71.9 Å². The number of para-hydroxylation sites is 1. The fraction of sp³-hybridized carbons (Fsp3) is 0.286. The number of aromatic amines is 1. The number of hydrogen-bond donors (Lipinski definition) is 1. The van der Waals surface area contributed by atoms with Crippen molar-refractivity contribution in [3.8, 4) is 17.0 Å². The van der Waals surface area contributed by atoms with Gasteiger partial charge in [-0.1, -0.05) is 42.5 Å². The van der Waals surface area contributed by atoms with E-state index < -0.39 is 0 Å². The topological polar surface area (TPSA) is 41.1 Å². The van der Waals surface area contributed by atoms with Crippen LogP contribution in [0.3, 0.4) is 0 Å². The Hall–Kier alpha value is -2.59. The number of rotatable bonds is 2. The fourth-order valence-electron chi connectivity index (χ4n) is 4.15. The zero-order valence-corrected chi connectivity index (χ0v) is 14.1. The summed E-state index contributed by atoms with van der Waals surface area (Å²) in [4.78, 5) is 2.52. The third-order valence-corrected chi connectivity index (χ3v) is 5.50. The molecule has 0 bridgehead atoms. The molecule has 0 saturated carbocycles. The Morgan fingerprint density at radius 3 is 2.60 bits per heavy atom. The highest BCUT2D eigenvalue weighted by atomic mass is 16.5. The Balaban J connectivity index is 1.40. The summed E-state index contributed by atoms with van der Waals surface area (Å²) in [5.41, 5.74) is 4.58. The zero-order valence-electron chi connectivity index (χ0n) is 14.1. The van der Waals surface area contributed by atoms with Crippen LogP contribution >= 0.6 is 0 Å². The molecule has 4 nitrogen and oxygen atoms in total. The minimum Gasteiger partial charge on any atom is -0.482 e. The van der Waals surface area contributed by atoms with Crippen LogP contribution in [-0.4, -0.2) is 28.2 Å². The lowest BCUT2D eigenvalue weighted by Gasteiger charge is -2.44. The van der Waals surface area contributed by atoms with Crippen molar-refractivity contribution < 1.29 is 4.74 Å². The lowest BCUT2D eigenvalue weighted by atomic mass is 9.81. The Bertz CT molecular complexity index is 879. The number of nitrogens with zero attached hydrogens (tertiary/aromatic N) is 2. The predicted molar refractivity (Wildman–Crippen MR) is 97.3 cm³/mol. The smallest absolute Gasteiger partial charge is 0.140 e. The molecule has 0 amide bonds. The second kappa shape index (κ2) is 5.74. The first-order valence-corrected chi connectivity index (χ1v) is 8.93. The van der Waals surface area contributed by atoms with E-state index in [1.165, 1.54) is 11.1 Å². The highest BCUT2D eigenvalue weighted by Gasteiger charge is 2.44. The molecular weight excluding hydrogens is 310 g/mol. The maximum absolute atomic E-state index is 6.56. The van der Waals surface area contributed by atoms with Crippen molar-refractivity contribution in [2.24, 2.45) is 0 Å². The fourth-order valence-corrected chi connectivity index (χ4v) is 4.15. The van der Waals surface area contributed by atoms with E-state index in [9.17, 15) is 0 Å². The monoisotopic (exact) mass is 331 g/mol. The molecular formula is C21H21N3O. The number of nitrogens with one attached hydrogen (secondary N) is 1. The Kier molecular flexibility index (Phi) is 3.38. The van der Waals surface area contributed by atoms with Gasteiger partial charge in [-0.3, -0.25) is 10.00 Å². The van der Waals surface area contributed by atoms with Gasteiger partial charge in [-0.25, -0.2) is 0 Å². The normalized spacial score (nSPS) is 18.4. The SMILES string of the molecule is c1ccc(CN2CCC3(CC2)Oc2ccccc2-c2[nH]ncc23)cc1. The van der Waals surface area contributed by atoms with Crippen molar-refractivity contribution in [2.45, 2.75) is 25.0 Å². The average molecular weight is 331 g/mol. The van der Waals surface area contributed by atoms with Crippen LogP contribution in [0.25, 0.3) is 11.3 Å². The maximum Gasteiger partial charge on any atom is 0.140 e. The van der Waals surface area contributed by atoms with Gasteiger partial charge in [-0.15, -0.1) is 0 Å². The summed E-state index contributed by atoms with van der Waals surface area (Å²) in [6, 6.07) is 19.0. The van der Waals surface area contributed by atoms with Crippen molar-refractivity contribution >= 4 is 0 Å². The Morgan fingerprint density at radius 2 is 1.76 bits per heavy atom. The van der Waals surface area contributed by atoms with Crippen molar-refractivity contribution in [1.82, 2.24) is 15.1 Å². The number of piperidine rings is 1. The van der Waals surface area contributed by atoms with Gasteiger partial charge in [0.05, 0.1) is 11.9 Å². The second-order valence-electron chi connectivity index (χ2n) is 7.01. The molecule has 0 aliphatic carbocycles. The molecule has 0 atom stereocenters. The standard InChI is InChI=1S/C21H21N3O/c1-2-6-16(7-3-1)15-24-12-10-21(11-13-24)18-14-22-23-20(18)17-8-4-5-9-19(17)25-21/h1-9,14H,10-13,15H2,(H,22,23). The number of H-pyrrole nitrogens is 1. The van der Waals surface area contributed by atoms with Gasteiger partial charge in [0, 0.05) is 43.6 Å². The van der Waals surface area contributed by atoms with Crippen molar-refractivity contribution in [3.63, 3.8) is 0 Å². The van der Waals surface area contributed by atoms with Crippen molar-refractivity contribution in [2.75, 3.05) is 13.1 Å². The molecule has 0 radical (unpaired) electrons. The first kappa shape index (κ1) is 14.7. The van der Waals surface area contributed by atoms with Gasteiger partial charge in [-0.05, 0) is 17.7 Å². The molecule has 25 heavy (non-hydrogen) atoms. The van der Waals surface area contributed by atoms with E-state index in [1.54, 1.807) is 0 Å². The number of likely N-dealkylation sites (tertiary alicyclic amines) is 1. The second-order valence-corrected chi connectivity index (χ2v) is 7.01. The molecule has 4 heteroatoms. The number of aromatic nitrogens is 2. The van der Waals surface area contributed by atoms with Gasteiger partial charge < -0.3 is 4.74 Å². The first-order valence-electron chi connectivity index (χ1n) is 8.93. The third-order valence-electron chi connectivity index (χ3n) is 5.50. The van der Waals surface area contributed by atoms with Crippen LogP contribution < -0.4 is 4.74 Å². The van der Waals surface area contributed by atoms with Crippen LogP contribution in [-0.2, 0) is 12.1 Å². The molecule has 2 aliphatic rings. The molecule has 5 rings (SSSR count). The molecule has 2 aromatic carbocycles. The van der Waals surface area contributed by atoms with E-state index in [0.29, 0.717) is 0 Å². The third kappa shape index (κ3) is 2.45. The summed E-state index contributed by atoms with van der Waals surface area (Å²) >= 11 is 0. The summed E-state index contributed by atoms with van der Waals surface area (Å²) in [7, 11) is 0. The molecule has 126 valence electrons. The lowest BCUT2D eigenvalue weighted by Crippen LogP contribution is -2.46. The molecule has 1 saturated heterocycles. The van der Waals surface area contributed by atoms with E-state index in [1.807, 2.05) is 18.3 Å². The van der Waals surface area contributed by atoms with Gasteiger partial charge in [0.25, 0.3) is 0 Å². The number of benzene rings is 2. The average Bonchev–Trinajstić information content (AvgIpc) is 3.16. The molecule has 2 aliphatic heterocycles. The summed E-state index contributed by atoms with van der Waals surface area (Å²) < 4.78 is 6.56. The highest BCUT2D eigenvalue weighted by molar-refractivity contribution is 5.73. The van der Waals surface area contributed by atoms with E-state index >= 15 is 0 Å². The molecule has 1 fully saturated rings. The van der Waals surface area contributed by atoms with Crippen LogP contribution in [0.5, 0.6) is 5.75 Å². The van der Waals surface area contributed by atoms with Gasteiger partial charge >= 0.3 is 0 Å². The van der Waals surface area contributed by atoms with Gasteiger partial charge in [0.1, 0.15) is 11.4 Å². The molecule has 1 spiro atoms. The van der Waals surface area contributed by atoms with E-state index in [2.05, 4.69) is 57.6 Å². The minimum absolute atomic E-state index is 0.246. The molecule has 0 unspecified atom stereocenters. The molecule has 1 aromatic heterocycles. The Morgan fingerprint density at radius 1 is 1.00 bits per heavy atom. The van der Waals surface area contributed by atoms with Crippen LogP contribution in [0.4, 0.5) is 0 Å². The molecule has 3 aromatic rings. The summed E-state index contributed by atoms with van der Waals surface area (Å²) in [6.07, 6.45) is 3.93. The molecule has 3 heterocycles. The number of ether oxygens (including phenoxy) is 1. The van der Waals surface area contributed by atoms with Gasteiger partial charge in [0.2, 0.25) is 0 Å². The summed E-state index contributed by atoms with van der Waals surface area (Å²) in [5.74, 6) is 0.968. The minimum atomic E-state index is -0.246. The zero-order chi connectivity index (χ0) is 16.7. The van der Waals surface area contributed by atoms with Crippen LogP contribution in [0.2, 0.25) is 0 Å². The van der Waals surface area contributed by atoms with Crippen LogP contribution in [0.1, 0.15) is 24.0 Å². The summed E-state index contributed by atoms with van der Waals surface area (Å²) in [6.45, 7) is 3.06. The van der Waals surface area contributed by atoms with E-state index in [0.717, 1.165) is 49.5 Å². The predicted octanol–water partition coefficient (Wildman–Crippen LogP) is 3.96. The number of fused-ring (bicyclic) bond motifs is 4. The number of hydrogen-bond acceptors (Lipinski definition) is 3. The van der Waals surface area contributed by atoms with Gasteiger partial charge in [0.15, 0.2) is 0 Å².